The van der Waals surface area contributed by atoms with Gasteiger partial charge in [0.25, 0.3) is 0 Å². The van der Waals surface area contributed by atoms with E-state index >= 15 is 0 Å². The third kappa shape index (κ3) is 6.21. The highest BCUT2D eigenvalue weighted by Gasteiger charge is 2.83. The van der Waals surface area contributed by atoms with Gasteiger partial charge in [0.2, 0.25) is 0 Å². The van der Waals surface area contributed by atoms with E-state index in [0.29, 0.717) is 24.0 Å². The Hall–Kier alpha value is -2.85. The zero-order valence-electron chi connectivity index (χ0n) is 29.5. The second kappa shape index (κ2) is 13.5. The van der Waals surface area contributed by atoms with Gasteiger partial charge in [-0.2, -0.15) is 0 Å². The van der Waals surface area contributed by atoms with Crippen LogP contribution in [0.5, 0.6) is 0 Å². The van der Waals surface area contributed by atoms with Crippen LogP contribution in [0.3, 0.4) is 0 Å². The van der Waals surface area contributed by atoms with Crippen molar-refractivity contribution in [3.8, 4) is 0 Å². The molecule has 0 amide bonds. The minimum Gasteiger partial charge on any atom is -0.460 e. The van der Waals surface area contributed by atoms with Gasteiger partial charge in [0.05, 0.1) is 5.60 Å². The molecule has 0 saturated heterocycles. The summed E-state index contributed by atoms with van der Waals surface area (Å²) in [6.07, 6.45) is 9.37. The average molecular weight is 665 g/mol. The van der Waals surface area contributed by atoms with Crippen LogP contribution in [0.15, 0.2) is 53.6 Å². The van der Waals surface area contributed by atoms with Crippen molar-refractivity contribution < 1.29 is 34.1 Å². The molecule has 1 aromatic rings. The van der Waals surface area contributed by atoms with E-state index in [1.807, 2.05) is 46.8 Å². The summed E-state index contributed by atoms with van der Waals surface area (Å²) in [5, 5.41) is 24.7. The van der Waals surface area contributed by atoms with Crippen LogP contribution in [0.4, 0.5) is 0 Å². The van der Waals surface area contributed by atoms with Crippen LogP contribution in [0, 0.1) is 35.0 Å². The number of benzene rings is 1. The Morgan fingerprint density at radius 2 is 1.67 bits per heavy atom. The molecule has 0 heterocycles. The highest BCUT2D eigenvalue weighted by atomic mass is 16.6. The normalized spacial score (nSPS) is 34.5. The summed E-state index contributed by atoms with van der Waals surface area (Å²) in [5.74, 6) is -3.81. The SMILES string of the molecule is CC1=C[C@H]2[C@@]3(O)[C@H](C)C[C@]4(OC(=O)[C@@H](N)CCCCCCc5ccccc5)[C@@H]([C@@H]3C=C(COC(=O)[C@@H](N)C(C)C)C[C@]2(O)C1=O)C4(C)C. The molecule has 0 bridgehead atoms. The third-order valence-electron chi connectivity index (χ3n) is 12.2. The van der Waals surface area contributed by atoms with Crippen molar-refractivity contribution >= 4 is 17.7 Å². The molecule has 1 aromatic carbocycles. The molecule has 0 radical (unpaired) electrons. The fourth-order valence-corrected chi connectivity index (χ4v) is 9.19. The molecule has 0 aliphatic heterocycles. The minimum atomic E-state index is -1.89. The highest BCUT2D eigenvalue weighted by molar-refractivity contribution is 6.04. The average Bonchev–Trinajstić information content (AvgIpc) is 3.45. The molecule has 2 saturated carbocycles. The third-order valence-corrected chi connectivity index (χ3v) is 12.2. The van der Waals surface area contributed by atoms with E-state index in [9.17, 15) is 24.6 Å². The molecule has 48 heavy (non-hydrogen) atoms. The van der Waals surface area contributed by atoms with Gasteiger partial charge in [-0.15, -0.1) is 0 Å². The number of nitrogens with two attached hydrogens (primary N) is 2. The van der Waals surface area contributed by atoms with Gasteiger partial charge in [-0.05, 0) is 61.2 Å². The first kappa shape index (κ1) is 36.4. The van der Waals surface area contributed by atoms with E-state index in [0.717, 1.165) is 32.1 Å². The summed E-state index contributed by atoms with van der Waals surface area (Å²) in [6, 6.07) is 8.84. The van der Waals surface area contributed by atoms with E-state index in [1.165, 1.54) is 5.56 Å². The second-order valence-corrected chi connectivity index (χ2v) is 16.0. The quantitative estimate of drug-likeness (QED) is 0.135. The Labute approximate surface area is 285 Å². The fourth-order valence-electron chi connectivity index (χ4n) is 9.19. The lowest BCUT2D eigenvalue weighted by molar-refractivity contribution is -0.187. The van der Waals surface area contributed by atoms with Crippen molar-refractivity contribution in [2.45, 2.75) is 122 Å². The maximum atomic E-state index is 13.5. The minimum absolute atomic E-state index is 0.0871. The van der Waals surface area contributed by atoms with E-state index in [1.54, 1.807) is 13.0 Å². The first-order valence-corrected chi connectivity index (χ1v) is 17.8. The maximum Gasteiger partial charge on any atom is 0.323 e. The van der Waals surface area contributed by atoms with Gasteiger partial charge >= 0.3 is 11.9 Å². The van der Waals surface area contributed by atoms with E-state index in [4.69, 9.17) is 20.9 Å². The smallest absolute Gasteiger partial charge is 0.323 e. The van der Waals surface area contributed by atoms with Gasteiger partial charge in [-0.25, -0.2) is 0 Å². The summed E-state index contributed by atoms with van der Waals surface area (Å²) in [6.45, 7) is 11.1. The molecule has 5 rings (SSSR count). The van der Waals surface area contributed by atoms with E-state index in [-0.39, 0.29) is 24.9 Å². The van der Waals surface area contributed by atoms with Crippen LogP contribution in [-0.4, -0.2) is 63.4 Å². The van der Waals surface area contributed by atoms with E-state index in [2.05, 4.69) is 24.3 Å². The lowest BCUT2D eigenvalue weighted by atomic mass is 9.60. The number of Topliss-reactive ketones (excluding diaryl/α,β-unsaturated/α-hetero) is 1. The summed E-state index contributed by atoms with van der Waals surface area (Å²) in [5.41, 5.74) is 9.88. The lowest BCUT2D eigenvalue weighted by Gasteiger charge is -2.50. The molecule has 6 N–H and O–H groups in total. The number of unbranched alkanes of at least 4 members (excludes halogenated alkanes) is 3. The monoisotopic (exact) mass is 664 g/mol. The Morgan fingerprint density at radius 3 is 2.33 bits per heavy atom. The summed E-state index contributed by atoms with van der Waals surface area (Å²) < 4.78 is 12.0. The molecule has 9 atom stereocenters. The van der Waals surface area contributed by atoms with Crippen LogP contribution in [0.2, 0.25) is 0 Å². The second-order valence-electron chi connectivity index (χ2n) is 16.0. The number of aliphatic hydroxyl groups is 2. The predicted molar refractivity (Wildman–Crippen MR) is 183 cm³/mol. The number of ether oxygens (including phenoxy) is 2. The van der Waals surface area contributed by atoms with E-state index < -0.39 is 69.8 Å². The zero-order chi connectivity index (χ0) is 35.2. The van der Waals surface area contributed by atoms with Crippen molar-refractivity contribution in [3.05, 3.63) is 59.2 Å². The maximum absolute atomic E-state index is 13.5. The first-order chi connectivity index (χ1) is 22.5. The zero-order valence-corrected chi connectivity index (χ0v) is 29.5. The lowest BCUT2D eigenvalue weighted by Crippen LogP contribution is -2.61. The summed E-state index contributed by atoms with van der Waals surface area (Å²) in [7, 11) is 0. The molecule has 4 aliphatic carbocycles. The molecule has 9 nitrogen and oxygen atoms in total. The largest absolute Gasteiger partial charge is 0.460 e. The van der Waals surface area contributed by atoms with Gasteiger partial charge < -0.3 is 31.2 Å². The Bertz CT molecular complexity index is 1450. The molecule has 264 valence electrons. The number of carbonyl (C=O) groups excluding carboxylic acids is 3. The standard InChI is InChI=1S/C39H56N2O7/c1-23(2)31(41)35(44)47-22-27-19-28-32-36(5,6)38(32,20-25(4)39(28,46)30-18-24(3)33(42)37(30,45)21-27)48-34(43)29(40)17-13-8-7-10-14-26-15-11-9-12-16-26/h9,11-12,15-16,18-19,23,25,28-32,45-46H,7-8,10,13-14,17,20-22,40-41H2,1-6H3/t25-,28+,29+,30-,31+,32+,37-,38+,39-/m1/s1. The number of hydrogen-bond acceptors (Lipinski definition) is 9. The molecular formula is C39H56N2O7. The van der Waals surface area contributed by atoms with Crippen LogP contribution < -0.4 is 11.5 Å². The van der Waals surface area contributed by atoms with Gasteiger partial charge in [-0.3, -0.25) is 14.4 Å². The van der Waals surface area contributed by atoms with Gasteiger partial charge in [0.15, 0.2) is 5.78 Å². The van der Waals surface area contributed by atoms with Crippen molar-refractivity contribution in [3.63, 3.8) is 0 Å². The van der Waals surface area contributed by atoms with Crippen LogP contribution in [-0.2, 0) is 30.3 Å². The van der Waals surface area contributed by atoms with Crippen LogP contribution >= 0.6 is 0 Å². The summed E-state index contributed by atoms with van der Waals surface area (Å²) >= 11 is 0. The molecule has 4 aliphatic rings. The topological polar surface area (TPSA) is 162 Å². The molecule has 0 unspecified atom stereocenters. The first-order valence-electron chi connectivity index (χ1n) is 17.8. The number of ketones is 1. The Balaban J connectivity index is 1.32. The van der Waals surface area contributed by atoms with Crippen molar-refractivity contribution in [1.29, 1.82) is 0 Å². The predicted octanol–water partition coefficient (Wildman–Crippen LogP) is 4.56. The van der Waals surface area contributed by atoms with Crippen molar-refractivity contribution in [1.82, 2.24) is 0 Å². The molecule has 2 fully saturated rings. The fraction of sp³-hybridized carbons (Fsp3) is 0.667. The number of carbonyl (C=O) groups is 3. The molecule has 0 aromatic heterocycles. The number of esters is 2. The van der Waals surface area contributed by atoms with Gasteiger partial charge in [0, 0.05) is 29.6 Å². The van der Waals surface area contributed by atoms with Crippen LogP contribution in [0.1, 0.15) is 92.1 Å². The van der Waals surface area contributed by atoms with Gasteiger partial charge in [0.1, 0.15) is 29.9 Å². The molecule has 9 heteroatoms. The highest BCUT2D eigenvalue weighted by Crippen LogP contribution is 2.76. The number of aryl methyl sites for hydroxylation is 1. The van der Waals surface area contributed by atoms with Gasteiger partial charge in [-0.1, -0.05) is 96.4 Å². The Morgan fingerprint density at radius 1 is 1.00 bits per heavy atom. The molecular weight excluding hydrogens is 608 g/mol. The summed E-state index contributed by atoms with van der Waals surface area (Å²) in [4.78, 5) is 39.7. The number of fused-ring (bicyclic) bond motifs is 5. The Kier molecular flexibility index (Phi) is 10.2. The van der Waals surface area contributed by atoms with Crippen molar-refractivity contribution in [2.24, 2.45) is 46.5 Å². The number of rotatable bonds is 13. The number of hydrogen-bond donors (Lipinski definition) is 4. The molecule has 0 spiro atoms. The van der Waals surface area contributed by atoms with Crippen molar-refractivity contribution in [2.75, 3.05) is 6.61 Å². The van der Waals surface area contributed by atoms with Crippen LogP contribution in [0.25, 0.3) is 0 Å².